The van der Waals surface area contributed by atoms with Gasteiger partial charge >= 0.3 is 0 Å². The van der Waals surface area contributed by atoms with Gasteiger partial charge in [0.05, 0.1) is 9.77 Å². The van der Waals surface area contributed by atoms with Crippen LogP contribution in [0.15, 0.2) is 16.3 Å². The maximum Gasteiger partial charge on any atom is 0.263 e. The highest BCUT2D eigenvalue weighted by Gasteiger charge is 2.36. The monoisotopic (exact) mass is 331 g/mol. The summed E-state index contributed by atoms with van der Waals surface area (Å²) in [7, 11) is -2.15. The fraction of sp³-hybridized carbons (Fsp3) is 0.615. The zero-order valence-corrected chi connectivity index (χ0v) is 14.1. The Morgan fingerprint density at radius 2 is 2.19 bits per heavy atom. The number of carbonyl (C=O) groups is 1. The van der Waals surface area contributed by atoms with Crippen molar-refractivity contribution < 1.29 is 13.2 Å². The molecule has 2 heterocycles. The van der Waals surface area contributed by atoms with Gasteiger partial charge in [0.1, 0.15) is 0 Å². The van der Waals surface area contributed by atoms with Gasteiger partial charge in [-0.05, 0) is 24.9 Å². The third-order valence-corrected chi connectivity index (χ3v) is 6.43. The van der Waals surface area contributed by atoms with Gasteiger partial charge < -0.3 is 10.6 Å². The number of nitrogens with one attached hydrogen (secondary N) is 1. The molecule has 1 aromatic heterocycles. The van der Waals surface area contributed by atoms with E-state index in [1.807, 2.05) is 13.8 Å². The molecule has 1 fully saturated rings. The molecule has 6 nitrogen and oxygen atoms in total. The van der Waals surface area contributed by atoms with Crippen molar-refractivity contribution in [1.82, 2.24) is 9.62 Å². The highest BCUT2D eigenvalue weighted by molar-refractivity contribution is 7.89. The summed E-state index contributed by atoms with van der Waals surface area (Å²) in [5.41, 5.74) is 5.94. The second kappa shape index (κ2) is 5.68. The summed E-state index contributed by atoms with van der Waals surface area (Å²) < 4.78 is 25.7. The molecule has 0 radical (unpaired) electrons. The van der Waals surface area contributed by atoms with Gasteiger partial charge in [-0.2, -0.15) is 0 Å². The number of hydrogen-bond acceptors (Lipinski definition) is 5. The van der Waals surface area contributed by atoms with Gasteiger partial charge in [0, 0.05) is 24.5 Å². The van der Waals surface area contributed by atoms with Crippen LogP contribution in [0.3, 0.4) is 0 Å². The van der Waals surface area contributed by atoms with E-state index in [9.17, 15) is 13.2 Å². The van der Waals surface area contributed by atoms with Gasteiger partial charge in [-0.3, -0.25) is 4.79 Å². The van der Waals surface area contributed by atoms with Crippen LogP contribution in [0.1, 0.15) is 29.9 Å². The van der Waals surface area contributed by atoms with E-state index in [1.165, 1.54) is 18.5 Å². The summed E-state index contributed by atoms with van der Waals surface area (Å²) in [6.07, 6.45) is 0.756. The molecular formula is C13H21N3O3S2. The molecule has 3 N–H and O–H groups in total. The number of hydrogen-bond donors (Lipinski definition) is 2. The Labute approximate surface area is 129 Å². The molecular weight excluding hydrogens is 310 g/mol. The van der Waals surface area contributed by atoms with Crippen molar-refractivity contribution in [2.45, 2.75) is 31.2 Å². The van der Waals surface area contributed by atoms with Crippen molar-refractivity contribution in [2.24, 2.45) is 11.1 Å². The smallest absolute Gasteiger partial charge is 0.263 e. The summed E-state index contributed by atoms with van der Waals surface area (Å²) in [5.74, 6) is -0.127. The fourth-order valence-electron chi connectivity index (χ4n) is 2.39. The fourth-order valence-corrected chi connectivity index (χ4v) is 4.36. The lowest BCUT2D eigenvalue weighted by atomic mass is 9.79. The van der Waals surface area contributed by atoms with Crippen molar-refractivity contribution >= 4 is 27.3 Å². The second-order valence-electron chi connectivity index (χ2n) is 5.96. The average Bonchev–Trinajstić information content (AvgIpc) is 2.91. The van der Waals surface area contributed by atoms with Gasteiger partial charge in [0.25, 0.3) is 5.91 Å². The molecule has 0 aromatic carbocycles. The minimum atomic E-state index is -3.50. The molecule has 1 aliphatic rings. The molecule has 118 valence electrons. The van der Waals surface area contributed by atoms with Gasteiger partial charge in [0.15, 0.2) is 0 Å². The molecule has 1 aliphatic heterocycles. The first kappa shape index (κ1) is 16.4. The number of nitrogens with two attached hydrogens (primary N) is 1. The third-order valence-electron chi connectivity index (χ3n) is 3.96. The lowest BCUT2D eigenvalue weighted by Crippen LogP contribution is -2.53. The van der Waals surface area contributed by atoms with Crippen molar-refractivity contribution in [3.05, 3.63) is 16.3 Å². The average molecular weight is 331 g/mol. The quantitative estimate of drug-likeness (QED) is 0.859. The lowest BCUT2D eigenvalue weighted by molar-refractivity contribution is 0.0537. The Morgan fingerprint density at radius 3 is 2.76 bits per heavy atom. The summed E-state index contributed by atoms with van der Waals surface area (Å²) in [5, 5.41) is 1.49. The number of rotatable bonds is 3. The van der Waals surface area contributed by atoms with Crippen LogP contribution in [0, 0.1) is 5.41 Å². The minimum Gasteiger partial charge on any atom is -0.337 e. The van der Waals surface area contributed by atoms with Crippen LogP contribution < -0.4 is 10.5 Å². The van der Waals surface area contributed by atoms with Crippen molar-refractivity contribution in [3.63, 3.8) is 0 Å². The third kappa shape index (κ3) is 3.28. The predicted octanol–water partition coefficient (Wildman–Crippen LogP) is 0.856. The van der Waals surface area contributed by atoms with Crippen LogP contribution >= 0.6 is 11.3 Å². The zero-order valence-electron chi connectivity index (χ0n) is 12.4. The first-order valence-corrected chi connectivity index (χ1v) is 9.10. The van der Waals surface area contributed by atoms with Crippen LogP contribution in [-0.2, 0) is 10.0 Å². The molecule has 1 aromatic rings. The largest absolute Gasteiger partial charge is 0.337 e. The van der Waals surface area contributed by atoms with Crippen LogP contribution in [0.25, 0.3) is 0 Å². The first-order chi connectivity index (χ1) is 9.67. The highest BCUT2D eigenvalue weighted by Crippen LogP contribution is 2.29. The lowest BCUT2D eigenvalue weighted by Gasteiger charge is -2.42. The minimum absolute atomic E-state index is 0.0742. The van der Waals surface area contributed by atoms with E-state index in [-0.39, 0.29) is 22.3 Å². The van der Waals surface area contributed by atoms with Crippen LogP contribution in [0.5, 0.6) is 0 Å². The molecule has 1 amide bonds. The Kier molecular flexibility index (Phi) is 4.44. The molecule has 0 bridgehead atoms. The SMILES string of the molecule is CNS(=O)(=O)c1csc(C(=O)N2CCC(N)C(C)(C)C2)c1. The Hall–Kier alpha value is -0.960. The van der Waals surface area contributed by atoms with Gasteiger partial charge in [0.2, 0.25) is 10.0 Å². The number of carbonyl (C=O) groups excluding carboxylic acids is 1. The molecule has 21 heavy (non-hydrogen) atoms. The molecule has 0 spiro atoms. The normalized spacial score (nSPS) is 22.3. The van der Waals surface area contributed by atoms with E-state index in [1.54, 1.807) is 4.90 Å². The van der Waals surface area contributed by atoms with Crippen molar-refractivity contribution in [1.29, 1.82) is 0 Å². The molecule has 0 saturated carbocycles. The van der Waals surface area contributed by atoms with Crippen molar-refractivity contribution in [3.8, 4) is 0 Å². The number of amides is 1. The van der Waals surface area contributed by atoms with E-state index in [0.717, 1.165) is 17.8 Å². The van der Waals surface area contributed by atoms with Gasteiger partial charge in [-0.15, -0.1) is 11.3 Å². The summed E-state index contributed by atoms with van der Waals surface area (Å²) in [4.78, 5) is 14.8. The zero-order chi connectivity index (χ0) is 15.8. The summed E-state index contributed by atoms with van der Waals surface area (Å²) >= 11 is 1.15. The highest BCUT2D eigenvalue weighted by atomic mass is 32.2. The van der Waals surface area contributed by atoms with E-state index in [2.05, 4.69) is 4.72 Å². The Morgan fingerprint density at radius 1 is 1.52 bits per heavy atom. The van der Waals surface area contributed by atoms with Crippen LogP contribution in [0.4, 0.5) is 0 Å². The molecule has 1 atom stereocenters. The van der Waals surface area contributed by atoms with Gasteiger partial charge in [-0.1, -0.05) is 13.8 Å². The molecule has 8 heteroatoms. The maximum absolute atomic E-state index is 12.5. The predicted molar refractivity (Wildman–Crippen MR) is 82.8 cm³/mol. The van der Waals surface area contributed by atoms with E-state index in [0.29, 0.717) is 18.0 Å². The molecule has 2 rings (SSSR count). The van der Waals surface area contributed by atoms with Crippen molar-refractivity contribution in [2.75, 3.05) is 20.1 Å². The maximum atomic E-state index is 12.5. The second-order valence-corrected chi connectivity index (χ2v) is 8.76. The molecule has 0 aliphatic carbocycles. The number of piperidine rings is 1. The molecule has 1 unspecified atom stereocenters. The topological polar surface area (TPSA) is 92.5 Å². The summed E-state index contributed by atoms with van der Waals surface area (Å²) in [6.45, 7) is 5.28. The van der Waals surface area contributed by atoms with E-state index in [4.69, 9.17) is 5.73 Å². The van der Waals surface area contributed by atoms with Gasteiger partial charge in [-0.25, -0.2) is 13.1 Å². The standard InChI is InChI=1S/C13H21N3O3S2/c1-13(2)8-16(5-4-11(13)14)12(17)10-6-9(7-20-10)21(18,19)15-3/h6-7,11,15H,4-5,8,14H2,1-3H3. The van der Waals surface area contributed by atoms with Crippen LogP contribution in [0.2, 0.25) is 0 Å². The number of sulfonamides is 1. The Bertz CT molecular complexity index is 637. The first-order valence-electron chi connectivity index (χ1n) is 6.74. The number of nitrogens with zero attached hydrogens (tertiary/aromatic N) is 1. The molecule has 1 saturated heterocycles. The van der Waals surface area contributed by atoms with Crippen LogP contribution in [-0.4, -0.2) is 45.4 Å². The Balaban J connectivity index is 2.18. The van der Waals surface area contributed by atoms with E-state index < -0.39 is 10.0 Å². The summed E-state index contributed by atoms with van der Waals surface area (Å²) in [6, 6.07) is 1.51. The number of thiophene rings is 1. The van der Waals surface area contributed by atoms with E-state index >= 15 is 0 Å². The number of likely N-dealkylation sites (tertiary alicyclic amines) is 1.